The first-order valence-corrected chi connectivity index (χ1v) is 8.57. The third-order valence-corrected chi connectivity index (χ3v) is 5.15. The summed E-state index contributed by atoms with van der Waals surface area (Å²) in [5.41, 5.74) is 3.03. The Labute approximate surface area is 125 Å². The molecule has 3 unspecified atom stereocenters. The third kappa shape index (κ3) is 3.85. The maximum Gasteiger partial charge on any atom is -0.00148 e. The van der Waals surface area contributed by atoms with Crippen molar-refractivity contribution in [3.63, 3.8) is 0 Å². The summed E-state index contributed by atoms with van der Waals surface area (Å²) in [6, 6.07) is 9.44. The van der Waals surface area contributed by atoms with E-state index >= 15 is 0 Å². The minimum absolute atomic E-state index is 0.763. The fourth-order valence-electron chi connectivity index (χ4n) is 3.67. The Bertz CT molecular complexity index is 381. The fraction of sp³-hybridized carbons (Fsp3) is 0.684. The molecule has 0 spiro atoms. The number of benzene rings is 1. The third-order valence-electron chi connectivity index (χ3n) is 5.15. The maximum atomic E-state index is 3.57. The van der Waals surface area contributed by atoms with E-state index in [9.17, 15) is 0 Å². The molecule has 0 aromatic heterocycles. The van der Waals surface area contributed by atoms with Crippen LogP contribution in [-0.2, 0) is 6.42 Å². The first-order valence-electron chi connectivity index (χ1n) is 8.57. The predicted molar refractivity (Wildman–Crippen MR) is 88.2 cm³/mol. The standard InChI is InChI=1S/C19H31N/c1-4-15-7-10-17(11-8-15)19-13-16(5-2)9-12-18(19)14-20-6-3/h7-8,10-11,16,18-20H,4-6,9,12-14H2,1-3H3. The van der Waals surface area contributed by atoms with Gasteiger partial charge in [0.2, 0.25) is 0 Å². The molecule has 0 amide bonds. The van der Waals surface area contributed by atoms with Crippen LogP contribution in [0.25, 0.3) is 0 Å². The number of nitrogens with one attached hydrogen (secondary N) is 1. The van der Waals surface area contributed by atoms with Gasteiger partial charge >= 0.3 is 0 Å². The van der Waals surface area contributed by atoms with Crippen molar-refractivity contribution in [2.75, 3.05) is 13.1 Å². The van der Waals surface area contributed by atoms with Crippen LogP contribution in [0.2, 0.25) is 0 Å². The quantitative estimate of drug-likeness (QED) is 0.787. The van der Waals surface area contributed by atoms with E-state index in [1.807, 2.05) is 0 Å². The molecule has 1 fully saturated rings. The average Bonchev–Trinajstić information content (AvgIpc) is 2.53. The van der Waals surface area contributed by atoms with E-state index in [1.54, 1.807) is 5.56 Å². The molecule has 1 nitrogen and oxygen atoms in total. The van der Waals surface area contributed by atoms with Crippen LogP contribution < -0.4 is 5.32 Å². The molecule has 112 valence electrons. The molecule has 1 heteroatoms. The summed E-state index contributed by atoms with van der Waals surface area (Å²) in [5, 5.41) is 3.57. The number of hydrogen-bond acceptors (Lipinski definition) is 1. The molecule has 1 N–H and O–H groups in total. The van der Waals surface area contributed by atoms with E-state index in [2.05, 4.69) is 50.4 Å². The SMILES string of the molecule is CCNCC1CCC(CC)CC1c1ccc(CC)cc1. The highest BCUT2D eigenvalue weighted by atomic mass is 14.8. The summed E-state index contributed by atoms with van der Waals surface area (Å²) >= 11 is 0. The summed E-state index contributed by atoms with van der Waals surface area (Å²) in [6.07, 6.45) is 6.70. The van der Waals surface area contributed by atoms with Crippen molar-refractivity contribution in [2.24, 2.45) is 11.8 Å². The Balaban J connectivity index is 2.11. The van der Waals surface area contributed by atoms with E-state index in [0.717, 1.165) is 30.7 Å². The normalized spacial score (nSPS) is 26.6. The van der Waals surface area contributed by atoms with Crippen LogP contribution >= 0.6 is 0 Å². The van der Waals surface area contributed by atoms with Crippen LogP contribution in [0.5, 0.6) is 0 Å². The second kappa shape index (κ2) is 7.83. The van der Waals surface area contributed by atoms with Crippen molar-refractivity contribution in [3.8, 4) is 0 Å². The lowest BCUT2D eigenvalue weighted by molar-refractivity contribution is 0.226. The van der Waals surface area contributed by atoms with Crippen molar-refractivity contribution >= 4 is 0 Å². The molecule has 1 aliphatic carbocycles. The molecule has 1 aliphatic rings. The zero-order chi connectivity index (χ0) is 14.4. The number of aryl methyl sites for hydroxylation is 1. The summed E-state index contributed by atoms with van der Waals surface area (Å²) in [4.78, 5) is 0. The highest BCUT2D eigenvalue weighted by molar-refractivity contribution is 5.26. The van der Waals surface area contributed by atoms with Gasteiger partial charge in [0, 0.05) is 0 Å². The molecule has 1 aromatic carbocycles. The summed E-state index contributed by atoms with van der Waals surface area (Å²) in [6.45, 7) is 9.08. The second-order valence-electron chi connectivity index (χ2n) is 6.36. The van der Waals surface area contributed by atoms with Gasteiger partial charge in [-0.2, -0.15) is 0 Å². The van der Waals surface area contributed by atoms with Crippen LogP contribution in [-0.4, -0.2) is 13.1 Å². The largest absolute Gasteiger partial charge is 0.317 e. The van der Waals surface area contributed by atoms with Gasteiger partial charge in [-0.05, 0) is 61.2 Å². The van der Waals surface area contributed by atoms with E-state index in [1.165, 1.54) is 37.8 Å². The Hall–Kier alpha value is -0.820. The molecule has 1 aromatic rings. The van der Waals surface area contributed by atoms with Crippen LogP contribution in [0.3, 0.4) is 0 Å². The first kappa shape index (κ1) is 15.6. The molecule has 0 aliphatic heterocycles. The van der Waals surface area contributed by atoms with E-state index < -0.39 is 0 Å². The van der Waals surface area contributed by atoms with Crippen molar-refractivity contribution in [1.29, 1.82) is 0 Å². The Morgan fingerprint density at radius 1 is 1.05 bits per heavy atom. The first-order chi connectivity index (χ1) is 9.78. The predicted octanol–water partition coefficient (Wildman–Crippen LogP) is 4.77. The van der Waals surface area contributed by atoms with Gasteiger partial charge in [0.25, 0.3) is 0 Å². The zero-order valence-corrected chi connectivity index (χ0v) is 13.5. The lowest BCUT2D eigenvalue weighted by Crippen LogP contribution is -2.32. The van der Waals surface area contributed by atoms with Gasteiger partial charge in [0.1, 0.15) is 0 Å². The Morgan fingerprint density at radius 3 is 2.40 bits per heavy atom. The summed E-state index contributed by atoms with van der Waals surface area (Å²) in [5.74, 6) is 2.52. The summed E-state index contributed by atoms with van der Waals surface area (Å²) < 4.78 is 0. The van der Waals surface area contributed by atoms with Crippen LogP contribution in [0.1, 0.15) is 63.5 Å². The van der Waals surface area contributed by atoms with Crippen molar-refractivity contribution in [3.05, 3.63) is 35.4 Å². The van der Waals surface area contributed by atoms with Crippen molar-refractivity contribution < 1.29 is 0 Å². The molecule has 0 bridgehead atoms. The molecule has 20 heavy (non-hydrogen) atoms. The van der Waals surface area contributed by atoms with Crippen LogP contribution in [0.4, 0.5) is 0 Å². The van der Waals surface area contributed by atoms with Gasteiger partial charge in [-0.25, -0.2) is 0 Å². The van der Waals surface area contributed by atoms with Crippen molar-refractivity contribution in [2.45, 2.75) is 58.8 Å². The molecule has 0 saturated heterocycles. The molecule has 0 radical (unpaired) electrons. The van der Waals surface area contributed by atoms with Gasteiger partial charge in [0.05, 0.1) is 0 Å². The van der Waals surface area contributed by atoms with E-state index in [4.69, 9.17) is 0 Å². The Kier molecular flexibility index (Phi) is 6.09. The van der Waals surface area contributed by atoms with Gasteiger partial charge in [-0.15, -0.1) is 0 Å². The van der Waals surface area contributed by atoms with Gasteiger partial charge in [-0.3, -0.25) is 0 Å². The van der Waals surface area contributed by atoms with E-state index in [-0.39, 0.29) is 0 Å². The lowest BCUT2D eigenvalue weighted by atomic mass is 9.70. The fourth-order valence-corrected chi connectivity index (χ4v) is 3.67. The van der Waals surface area contributed by atoms with Crippen molar-refractivity contribution in [1.82, 2.24) is 5.32 Å². The molecule has 0 heterocycles. The number of hydrogen-bond donors (Lipinski definition) is 1. The number of rotatable bonds is 6. The minimum Gasteiger partial charge on any atom is -0.317 e. The molecule has 3 atom stereocenters. The topological polar surface area (TPSA) is 12.0 Å². The Morgan fingerprint density at radius 2 is 1.80 bits per heavy atom. The average molecular weight is 273 g/mol. The smallest absolute Gasteiger partial charge is 0.00148 e. The molecular formula is C19H31N. The van der Waals surface area contributed by atoms with Crippen LogP contribution in [0.15, 0.2) is 24.3 Å². The highest BCUT2D eigenvalue weighted by Crippen LogP contribution is 2.41. The zero-order valence-electron chi connectivity index (χ0n) is 13.5. The van der Waals surface area contributed by atoms with Gasteiger partial charge in [0.15, 0.2) is 0 Å². The van der Waals surface area contributed by atoms with Gasteiger partial charge < -0.3 is 5.32 Å². The monoisotopic (exact) mass is 273 g/mol. The lowest BCUT2D eigenvalue weighted by Gasteiger charge is -2.36. The molecule has 1 saturated carbocycles. The summed E-state index contributed by atoms with van der Waals surface area (Å²) in [7, 11) is 0. The maximum absolute atomic E-state index is 3.57. The highest BCUT2D eigenvalue weighted by Gasteiger charge is 2.30. The van der Waals surface area contributed by atoms with E-state index in [0.29, 0.717) is 0 Å². The molecular weight excluding hydrogens is 242 g/mol. The van der Waals surface area contributed by atoms with Crippen LogP contribution in [0, 0.1) is 11.8 Å². The molecule has 2 rings (SSSR count). The second-order valence-corrected chi connectivity index (χ2v) is 6.36. The minimum atomic E-state index is 0.763. The van der Waals surface area contributed by atoms with Gasteiger partial charge in [-0.1, -0.05) is 57.9 Å².